The molecule has 0 spiro atoms. The van der Waals surface area contributed by atoms with Crippen molar-refractivity contribution in [2.24, 2.45) is 0 Å². The molecule has 2 heteroatoms. The molecule has 6 heavy (non-hydrogen) atoms. The molecule has 1 aliphatic heterocycles. The van der Waals surface area contributed by atoms with Crippen LogP contribution in [0.25, 0.3) is 0 Å². The quantitative estimate of drug-likeness (QED) is 0.417. The highest BCUT2D eigenvalue weighted by molar-refractivity contribution is 8.10. The molecule has 0 N–H and O–H groups in total. The molecule has 0 aliphatic carbocycles. The summed E-state index contributed by atoms with van der Waals surface area (Å²) >= 11 is 0. The number of hydrogen-bond acceptors (Lipinski definition) is 1. The Kier molecular flexibility index (Phi) is 0.965. The van der Waals surface area contributed by atoms with Crippen molar-refractivity contribution >= 4 is 16.1 Å². The van der Waals surface area contributed by atoms with E-state index in [-0.39, 0.29) is 10.8 Å². The van der Waals surface area contributed by atoms with Crippen molar-refractivity contribution in [3.8, 4) is 0 Å². The van der Waals surface area contributed by atoms with E-state index in [0.717, 1.165) is 0 Å². The van der Waals surface area contributed by atoms with Crippen LogP contribution in [0.2, 0.25) is 0 Å². The van der Waals surface area contributed by atoms with E-state index in [0.29, 0.717) is 0 Å². The second-order valence-corrected chi connectivity index (χ2v) is 2.52. The maximum Gasteiger partial charge on any atom is 0.101 e. The van der Waals surface area contributed by atoms with Crippen LogP contribution in [0.5, 0.6) is 0 Å². The van der Waals surface area contributed by atoms with E-state index in [9.17, 15) is 0 Å². The maximum atomic E-state index is 4.94. The zero-order valence-electron chi connectivity index (χ0n) is 3.55. The van der Waals surface area contributed by atoms with Crippen LogP contribution in [-0.4, -0.2) is 11.6 Å². The minimum atomic E-state index is 0.0910. The first-order valence-electron chi connectivity index (χ1n) is 1.71. The first kappa shape index (κ1) is 3.93. The predicted octanol–water partition coefficient (Wildman–Crippen LogP) is 1.15. The van der Waals surface area contributed by atoms with Gasteiger partial charge in [0.15, 0.2) is 0 Å². The van der Waals surface area contributed by atoms with Gasteiger partial charge in [-0.2, -0.15) is 0 Å². The van der Waals surface area contributed by atoms with Gasteiger partial charge in [0, 0.05) is 11.6 Å². The maximum absolute atomic E-state index is 4.94. The summed E-state index contributed by atoms with van der Waals surface area (Å²) in [4.78, 5) is 0. The third-order valence-corrected chi connectivity index (χ3v) is 1.51. The Labute approximate surface area is 39.8 Å². The lowest BCUT2D eigenvalue weighted by Gasteiger charge is -1.88. The minimum Gasteiger partial charge on any atom is -0.442 e. The molecule has 0 radical (unpaired) electrons. The summed E-state index contributed by atoms with van der Waals surface area (Å²) in [6.07, 6.45) is 5.66. The molecule has 1 atom stereocenters. The Morgan fingerprint density at radius 3 is 2.67 bits per heavy atom. The van der Waals surface area contributed by atoms with Gasteiger partial charge in [-0.3, -0.25) is 0 Å². The van der Waals surface area contributed by atoms with Gasteiger partial charge in [-0.05, 0) is 16.8 Å². The standard InChI is InChI=1S/C4H6OS/c1-6-4-2-3-5-6/h2-4H,1H3. The van der Waals surface area contributed by atoms with Crippen molar-refractivity contribution in [1.82, 2.24) is 0 Å². The number of rotatable bonds is 0. The lowest BCUT2D eigenvalue weighted by Crippen LogP contribution is -1.57. The third-order valence-electron chi connectivity index (χ3n) is 0.556. The molecule has 1 heterocycles. The van der Waals surface area contributed by atoms with Crippen molar-refractivity contribution in [3.05, 3.63) is 12.3 Å². The Morgan fingerprint density at radius 1 is 1.67 bits per heavy atom. The van der Waals surface area contributed by atoms with Gasteiger partial charge >= 0.3 is 0 Å². The predicted molar refractivity (Wildman–Crippen MR) is 29.8 cm³/mol. The first-order chi connectivity index (χ1) is 2.89. The molecule has 0 amide bonds. The van der Waals surface area contributed by atoms with Gasteiger partial charge in [0.1, 0.15) is 6.26 Å². The Hall–Kier alpha value is -0.240. The van der Waals surface area contributed by atoms with E-state index < -0.39 is 0 Å². The normalized spacial score (nSPS) is 29.2. The zero-order valence-corrected chi connectivity index (χ0v) is 4.37. The first-order valence-corrected chi connectivity index (χ1v) is 3.33. The van der Waals surface area contributed by atoms with Gasteiger partial charge in [-0.1, -0.05) is 0 Å². The van der Waals surface area contributed by atoms with Crippen LogP contribution in [0.4, 0.5) is 0 Å². The molecular weight excluding hydrogens is 96.1 g/mol. The fourth-order valence-corrected chi connectivity index (χ4v) is 0.883. The highest BCUT2D eigenvalue weighted by Gasteiger charge is 1.83. The van der Waals surface area contributed by atoms with Crippen molar-refractivity contribution in [1.29, 1.82) is 0 Å². The molecule has 0 aromatic carbocycles. The molecule has 0 fully saturated rings. The summed E-state index contributed by atoms with van der Waals surface area (Å²) in [7, 11) is 0.0910. The van der Waals surface area contributed by atoms with Crippen molar-refractivity contribution in [3.63, 3.8) is 0 Å². The molecule has 0 aromatic heterocycles. The monoisotopic (exact) mass is 102 g/mol. The molecule has 1 unspecified atom stereocenters. The van der Waals surface area contributed by atoms with Gasteiger partial charge in [0.25, 0.3) is 0 Å². The van der Waals surface area contributed by atoms with Crippen LogP contribution in [0.3, 0.4) is 0 Å². The molecule has 0 bridgehead atoms. The zero-order chi connectivity index (χ0) is 4.41. The number of allylic oxidation sites excluding steroid dienone is 1. The second-order valence-electron chi connectivity index (χ2n) is 1.06. The third kappa shape index (κ3) is 0.627. The Morgan fingerprint density at radius 2 is 2.50 bits per heavy atom. The topological polar surface area (TPSA) is 9.23 Å². The largest absolute Gasteiger partial charge is 0.442 e. The fraction of sp³-hybridized carbons (Fsp3) is 0.250. The molecule has 0 saturated heterocycles. The van der Waals surface area contributed by atoms with Crippen LogP contribution in [-0.2, 0) is 4.18 Å². The van der Waals surface area contributed by atoms with Gasteiger partial charge in [-0.15, -0.1) is 0 Å². The smallest absolute Gasteiger partial charge is 0.101 e. The van der Waals surface area contributed by atoms with E-state index in [1.807, 2.05) is 17.7 Å². The second kappa shape index (κ2) is 1.47. The summed E-state index contributed by atoms with van der Waals surface area (Å²) in [6.45, 7) is 0. The van der Waals surface area contributed by atoms with Gasteiger partial charge in [0.2, 0.25) is 0 Å². The summed E-state index contributed by atoms with van der Waals surface area (Å²) in [5.41, 5.74) is 0. The van der Waals surface area contributed by atoms with E-state index in [1.54, 1.807) is 6.26 Å². The molecule has 0 aromatic rings. The summed E-state index contributed by atoms with van der Waals surface area (Å²) < 4.78 is 4.94. The van der Waals surface area contributed by atoms with E-state index >= 15 is 0 Å². The van der Waals surface area contributed by atoms with Crippen LogP contribution < -0.4 is 0 Å². The van der Waals surface area contributed by atoms with Crippen LogP contribution in [0.1, 0.15) is 0 Å². The molecular formula is C4H6OS. The Balaban J connectivity index is 2.61. The highest BCUT2D eigenvalue weighted by Crippen LogP contribution is 2.11. The fourth-order valence-electron chi connectivity index (χ4n) is 0.294. The van der Waals surface area contributed by atoms with Gasteiger partial charge < -0.3 is 4.18 Å². The summed E-state index contributed by atoms with van der Waals surface area (Å²) in [5.74, 6) is 0. The van der Waals surface area contributed by atoms with Gasteiger partial charge in [0.05, 0.1) is 0 Å². The molecule has 34 valence electrons. The van der Waals surface area contributed by atoms with E-state index in [1.165, 1.54) is 0 Å². The van der Waals surface area contributed by atoms with Crippen LogP contribution in [0.15, 0.2) is 12.3 Å². The number of hydrogen-bond donors (Lipinski definition) is 0. The molecule has 1 rings (SSSR count). The molecule has 1 aliphatic rings. The average Bonchev–Trinajstić information content (AvgIpc) is 1.86. The highest BCUT2D eigenvalue weighted by atomic mass is 32.2. The summed E-state index contributed by atoms with van der Waals surface area (Å²) in [5, 5.41) is 2.03. The lowest BCUT2D eigenvalue weighted by molar-refractivity contribution is 0.572. The van der Waals surface area contributed by atoms with Crippen molar-refractivity contribution in [2.75, 3.05) is 6.26 Å². The molecule has 0 saturated carbocycles. The SMILES string of the molecule is CS1=CC=CO1. The average molecular weight is 102 g/mol. The summed E-state index contributed by atoms with van der Waals surface area (Å²) in [6, 6.07) is 0. The molecule has 1 nitrogen and oxygen atoms in total. The van der Waals surface area contributed by atoms with E-state index in [4.69, 9.17) is 4.18 Å². The Bertz CT molecular complexity index is 104. The van der Waals surface area contributed by atoms with Crippen molar-refractivity contribution in [2.45, 2.75) is 0 Å². The van der Waals surface area contributed by atoms with Crippen molar-refractivity contribution < 1.29 is 4.18 Å². The minimum absolute atomic E-state index is 0.0910. The van der Waals surface area contributed by atoms with Gasteiger partial charge in [-0.25, -0.2) is 0 Å². The van der Waals surface area contributed by atoms with Crippen LogP contribution in [0, 0.1) is 0 Å². The lowest BCUT2D eigenvalue weighted by atomic mass is 10.7. The van der Waals surface area contributed by atoms with Crippen LogP contribution >= 0.6 is 10.8 Å². The van der Waals surface area contributed by atoms with E-state index in [2.05, 4.69) is 0 Å².